The molecule has 0 unspecified atom stereocenters. The summed E-state index contributed by atoms with van der Waals surface area (Å²) in [6.07, 6.45) is 56.7. The number of unbranched alkanes of at least 4 members (excludes halogenated alkanes) is 40. The molecule has 0 fully saturated rings. The van der Waals surface area contributed by atoms with Crippen LogP contribution >= 0.6 is 0 Å². The van der Waals surface area contributed by atoms with Crippen LogP contribution in [0.4, 0.5) is 0 Å². The first-order valence-electron chi connectivity index (χ1n) is 28.9. The number of hydrogen-bond donors (Lipinski definition) is 0. The highest BCUT2D eigenvalue weighted by Gasteiger charge is 2.19. The van der Waals surface area contributed by atoms with E-state index in [4.69, 9.17) is 14.2 Å². The summed E-state index contributed by atoms with van der Waals surface area (Å²) < 4.78 is 16.8. The van der Waals surface area contributed by atoms with Gasteiger partial charge in [-0.3, -0.25) is 14.4 Å². The zero-order valence-corrected chi connectivity index (χ0v) is 43.8. The largest absolute Gasteiger partial charge is 0.462 e. The van der Waals surface area contributed by atoms with Gasteiger partial charge in [-0.2, -0.15) is 0 Å². The molecule has 0 aliphatic rings. The van der Waals surface area contributed by atoms with E-state index >= 15 is 0 Å². The summed E-state index contributed by atoms with van der Waals surface area (Å²) in [4.78, 5) is 38.0. The second kappa shape index (κ2) is 52.4. The van der Waals surface area contributed by atoms with Crippen molar-refractivity contribution >= 4 is 17.9 Å². The van der Waals surface area contributed by atoms with Crippen LogP contribution < -0.4 is 0 Å². The Kier molecular flexibility index (Phi) is 51.1. The lowest BCUT2D eigenvalue weighted by Gasteiger charge is -2.18. The third-order valence-electron chi connectivity index (χ3n) is 13.3. The van der Waals surface area contributed by atoms with Crippen LogP contribution in [0.1, 0.15) is 329 Å². The predicted molar refractivity (Wildman–Crippen MR) is 275 cm³/mol. The number of ether oxygens (including phenoxy) is 3. The molecule has 0 aromatic carbocycles. The molecule has 0 heterocycles. The number of rotatable bonds is 53. The average Bonchev–Trinajstić information content (AvgIpc) is 3.28. The molecule has 0 rings (SSSR count). The van der Waals surface area contributed by atoms with Crippen molar-refractivity contribution in [2.75, 3.05) is 13.2 Å². The zero-order chi connectivity index (χ0) is 46.7. The average molecular weight is 906 g/mol. The minimum absolute atomic E-state index is 0.0622. The number of esters is 3. The van der Waals surface area contributed by atoms with Crippen molar-refractivity contribution in [2.24, 2.45) is 5.92 Å². The van der Waals surface area contributed by atoms with Gasteiger partial charge in [0, 0.05) is 19.3 Å². The van der Waals surface area contributed by atoms with Crippen molar-refractivity contribution in [1.82, 2.24) is 0 Å². The van der Waals surface area contributed by atoms with E-state index in [0.717, 1.165) is 63.7 Å². The van der Waals surface area contributed by atoms with E-state index in [9.17, 15) is 14.4 Å². The molecule has 0 radical (unpaired) electrons. The molecule has 0 aromatic rings. The van der Waals surface area contributed by atoms with Gasteiger partial charge in [0.25, 0.3) is 0 Å². The molecule has 0 saturated heterocycles. The highest BCUT2D eigenvalue weighted by atomic mass is 16.6. The zero-order valence-electron chi connectivity index (χ0n) is 43.8. The standard InChI is InChI=1S/C58H112O6/c1-5-7-9-11-13-15-16-17-18-24-27-30-34-37-41-45-49-56(59)62-52-55(64-58(61)51-47-43-39-32-14-12-10-8-6-2)53-63-57(60)50-46-42-38-35-31-28-25-22-20-19-21-23-26-29-33-36-40-44-48-54(3)4/h54-55H,5-53H2,1-4H3/t55-/m0/s1. The van der Waals surface area contributed by atoms with Gasteiger partial charge in [-0.1, -0.05) is 291 Å². The number of hydrogen-bond acceptors (Lipinski definition) is 6. The van der Waals surface area contributed by atoms with Crippen molar-refractivity contribution in [2.45, 2.75) is 336 Å². The highest BCUT2D eigenvalue weighted by Crippen LogP contribution is 2.18. The lowest BCUT2D eigenvalue weighted by molar-refractivity contribution is -0.167. The molecule has 6 heteroatoms. The summed E-state index contributed by atoms with van der Waals surface area (Å²) in [5, 5.41) is 0. The molecule has 1 atom stereocenters. The van der Waals surface area contributed by atoms with Gasteiger partial charge in [0.2, 0.25) is 0 Å². The van der Waals surface area contributed by atoms with Gasteiger partial charge in [0.15, 0.2) is 6.10 Å². The maximum atomic E-state index is 12.8. The third kappa shape index (κ3) is 51.4. The van der Waals surface area contributed by atoms with Crippen molar-refractivity contribution < 1.29 is 28.6 Å². The van der Waals surface area contributed by atoms with Crippen LogP contribution in [0.5, 0.6) is 0 Å². The van der Waals surface area contributed by atoms with Crippen molar-refractivity contribution in [3.63, 3.8) is 0 Å². The van der Waals surface area contributed by atoms with Crippen LogP contribution in [0.15, 0.2) is 0 Å². The van der Waals surface area contributed by atoms with Gasteiger partial charge in [0.1, 0.15) is 13.2 Å². The van der Waals surface area contributed by atoms with Gasteiger partial charge in [-0.15, -0.1) is 0 Å². The summed E-state index contributed by atoms with van der Waals surface area (Å²) in [5.74, 6) is 0.0199. The summed E-state index contributed by atoms with van der Waals surface area (Å²) in [6.45, 7) is 9.05. The van der Waals surface area contributed by atoms with Gasteiger partial charge < -0.3 is 14.2 Å². The Bertz CT molecular complexity index is 964. The predicted octanol–water partition coefficient (Wildman–Crippen LogP) is 19.0. The van der Waals surface area contributed by atoms with Gasteiger partial charge in [-0.25, -0.2) is 0 Å². The Balaban J connectivity index is 4.15. The molecule has 0 aliphatic heterocycles. The van der Waals surface area contributed by atoms with Crippen molar-refractivity contribution in [3.05, 3.63) is 0 Å². The molecule has 0 aromatic heterocycles. The Hall–Kier alpha value is -1.59. The minimum Gasteiger partial charge on any atom is -0.462 e. The quantitative estimate of drug-likeness (QED) is 0.0344. The molecule has 0 amide bonds. The second-order valence-corrected chi connectivity index (χ2v) is 20.4. The second-order valence-electron chi connectivity index (χ2n) is 20.4. The van der Waals surface area contributed by atoms with Crippen LogP contribution in [0.3, 0.4) is 0 Å². The van der Waals surface area contributed by atoms with Crippen LogP contribution in [0.25, 0.3) is 0 Å². The summed E-state index contributed by atoms with van der Waals surface area (Å²) in [5.41, 5.74) is 0. The summed E-state index contributed by atoms with van der Waals surface area (Å²) in [6, 6.07) is 0. The molecule has 0 bridgehead atoms. The molecular formula is C58H112O6. The smallest absolute Gasteiger partial charge is 0.306 e. The van der Waals surface area contributed by atoms with E-state index in [0.29, 0.717) is 19.3 Å². The number of carbonyl (C=O) groups excluding carboxylic acids is 3. The molecule has 0 saturated carbocycles. The molecule has 6 nitrogen and oxygen atoms in total. The molecule has 0 N–H and O–H groups in total. The fourth-order valence-corrected chi connectivity index (χ4v) is 8.92. The van der Waals surface area contributed by atoms with Crippen LogP contribution in [0.2, 0.25) is 0 Å². The van der Waals surface area contributed by atoms with E-state index in [1.807, 2.05) is 0 Å². The van der Waals surface area contributed by atoms with Crippen LogP contribution in [-0.4, -0.2) is 37.2 Å². The first kappa shape index (κ1) is 62.4. The monoisotopic (exact) mass is 905 g/mol. The maximum absolute atomic E-state index is 12.8. The van der Waals surface area contributed by atoms with Crippen LogP contribution in [0, 0.1) is 5.92 Å². The number of carbonyl (C=O) groups is 3. The molecule has 0 aliphatic carbocycles. The van der Waals surface area contributed by atoms with E-state index in [1.54, 1.807) is 0 Å². The Morgan fingerprint density at radius 2 is 0.516 bits per heavy atom. The fraction of sp³-hybridized carbons (Fsp3) is 0.948. The van der Waals surface area contributed by atoms with E-state index in [2.05, 4.69) is 27.7 Å². The van der Waals surface area contributed by atoms with Crippen molar-refractivity contribution in [1.29, 1.82) is 0 Å². The Labute approximate surface area is 399 Å². The fourth-order valence-electron chi connectivity index (χ4n) is 8.92. The first-order chi connectivity index (χ1) is 31.4. The molecular weight excluding hydrogens is 793 g/mol. The third-order valence-corrected chi connectivity index (χ3v) is 13.3. The lowest BCUT2D eigenvalue weighted by Crippen LogP contribution is -2.30. The lowest BCUT2D eigenvalue weighted by atomic mass is 10.0. The first-order valence-corrected chi connectivity index (χ1v) is 28.9. The normalized spacial score (nSPS) is 12.0. The van der Waals surface area contributed by atoms with Crippen LogP contribution in [-0.2, 0) is 28.6 Å². The van der Waals surface area contributed by atoms with Gasteiger partial charge in [0.05, 0.1) is 0 Å². The summed E-state index contributed by atoms with van der Waals surface area (Å²) >= 11 is 0. The molecule has 64 heavy (non-hydrogen) atoms. The topological polar surface area (TPSA) is 78.9 Å². The minimum atomic E-state index is -0.760. The van der Waals surface area contributed by atoms with E-state index in [1.165, 1.54) is 225 Å². The van der Waals surface area contributed by atoms with E-state index in [-0.39, 0.29) is 31.1 Å². The SMILES string of the molecule is CCCCCCCCCCCCCCCCCCC(=O)OC[C@@H](COC(=O)CCCCCCCCCCCCCCCCCCCCC(C)C)OC(=O)CCCCCCCCCCC. The van der Waals surface area contributed by atoms with Gasteiger partial charge >= 0.3 is 17.9 Å². The maximum Gasteiger partial charge on any atom is 0.306 e. The van der Waals surface area contributed by atoms with Gasteiger partial charge in [-0.05, 0) is 25.2 Å². The molecule has 380 valence electrons. The Morgan fingerprint density at radius 1 is 0.297 bits per heavy atom. The van der Waals surface area contributed by atoms with E-state index < -0.39 is 6.10 Å². The molecule has 0 spiro atoms. The summed E-state index contributed by atoms with van der Waals surface area (Å²) in [7, 11) is 0. The van der Waals surface area contributed by atoms with Crippen molar-refractivity contribution in [3.8, 4) is 0 Å². The highest BCUT2D eigenvalue weighted by molar-refractivity contribution is 5.71. The Morgan fingerprint density at radius 3 is 0.766 bits per heavy atom.